The van der Waals surface area contributed by atoms with E-state index in [1.54, 1.807) is 11.8 Å². The van der Waals surface area contributed by atoms with Gasteiger partial charge in [-0.05, 0) is 44.4 Å². The highest BCUT2D eigenvalue weighted by atomic mass is 16.6. The summed E-state index contributed by atoms with van der Waals surface area (Å²) in [5, 5.41) is 3.10. The Hall–Kier alpha value is -3.88. The standard InChI is InChI=1S/C28H33N5O4/c1-3-37-28(36)31-15-13-21(14-16-31)29-25(34)17-24-27(35)32(18-20-9-5-4-6-10-20)19(2)26-30-22-11-7-8-12-23(22)33(24)26/h4-12,19,21,24H,3,13-18H2,1-2H3,(H,29,34)/t19-,24-/m0/s1. The van der Waals surface area contributed by atoms with Gasteiger partial charge in [0, 0.05) is 25.7 Å². The third kappa shape index (κ3) is 5.03. The second kappa shape index (κ2) is 10.6. The molecule has 3 heterocycles. The van der Waals surface area contributed by atoms with Crippen molar-refractivity contribution in [3.8, 4) is 0 Å². The molecule has 2 atom stereocenters. The van der Waals surface area contributed by atoms with E-state index in [4.69, 9.17) is 9.72 Å². The van der Waals surface area contributed by atoms with E-state index in [2.05, 4.69) is 5.32 Å². The third-order valence-corrected chi connectivity index (χ3v) is 7.30. The topological polar surface area (TPSA) is 96.8 Å². The quantitative estimate of drug-likeness (QED) is 0.552. The number of carbonyl (C=O) groups is 3. The maximum absolute atomic E-state index is 13.9. The van der Waals surface area contributed by atoms with Crippen molar-refractivity contribution < 1.29 is 19.1 Å². The molecule has 9 heteroatoms. The second-order valence-electron chi connectivity index (χ2n) is 9.70. The fraction of sp³-hybridized carbons (Fsp3) is 0.429. The van der Waals surface area contributed by atoms with E-state index in [0.717, 1.165) is 22.4 Å². The molecule has 194 valence electrons. The van der Waals surface area contributed by atoms with Crippen LogP contribution < -0.4 is 5.32 Å². The number of fused-ring (bicyclic) bond motifs is 3. The zero-order valence-corrected chi connectivity index (χ0v) is 21.3. The van der Waals surface area contributed by atoms with Gasteiger partial charge < -0.3 is 24.4 Å². The summed E-state index contributed by atoms with van der Waals surface area (Å²) < 4.78 is 7.03. The number of ether oxygens (including phenoxy) is 1. The van der Waals surface area contributed by atoms with Gasteiger partial charge in [-0.1, -0.05) is 42.5 Å². The highest BCUT2D eigenvalue weighted by Crippen LogP contribution is 2.37. The summed E-state index contributed by atoms with van der Waals surface area (Å²) in [6, 6.07) is 16.7. The van der Waals surface area contributed by atoms with Crippen LogP contribution in [-0.2, 0) is 20.9 Å². The first-order valence-electron chi connectivity index (χ1n) is 13.0. The molecule has 1 saturated heterocycles. The molecule has 2 aliphatic heterocycles. The monoisotopic (exact) mass is 503 g/mol. The third-order valence-electron chi connectivity index (χ3n) is 7.30. The van der Waals surface area contributed by atoms with Gasteiger partial charge in [0.15, 0.2) is 0 Å². The Morgan fingerprint density at radius 3 is 2.49 bits per heavy atom. The first-order valence-corrected chi connectivity index (χ1v) is 13.0. The summed E-state index contributed by atoms with van der Waals surface area (Å²) in [6.45, 7) is 5.64. The maximum Gasteiger partial charge on any atom is 0.409 e. The number of benzene rings is 2. The van der Waals surface area contributed by atoms with Crippen LogP contribution in [0.2, 0.25) is 0 Å². The second-order valence-corrected chi connectivity index (χ2v) is 9.70. The number of hydrogen-bond donors (Lipinski definition) is 1. The highest BCUT2D eigenvalue weighted by molar-refractivity contribution is 5.91. The largest absolute Gasteiger partial charge is 0.450 e. The van der Waals surface area contributed by atoms with Crippen LogP contribution in [-0.4, -0.2) is 63.0 Å². The number of aromatic nitrogens is 2. The number of rotatable bonds is 6. The molecule has 1 aromatic heterocycles. The average Bonchev–Trinajstić information content (AvgIpc) is 3.30. The molecule has 5 rings (SSSR count). The molecule has 1 N–H and O–H groups in total. The summed E-state index contributed by atoms with van der Waals surface area (Å²) in [4.78, 5) is 47.5. The Balaban J connectivity index is 1.35. The van der Waals surface area contributed by atoms with Crippen molar-refractivity contribution in [2.75, 3.05) is 19.7 Å². The fourth-order valence-electron chi connectivity index (χ4n) is 5.37. The molecule has 37 heavy (non-hydrogen) atoms. The van der Waals surface area contributed by atoms with Crippen LogP contribution in [0.15, 0.2) is 54.6 Å². The summed E-state index contributed by atoms with van der Waals surface area (Å²) in [6.07, 6.45) is 1.02. The van der Waals surface area contributed by atoms with Crippen molar-refractivity contribution in [1.82, 2.24) is 24.7 Å². The van der Waals surface area contributed by atoms with Crippen LogP contribution in [0, 0.1) is 0 Å². The van der Waals surface area contributed by atoms with Gasteiger partial charge >= 0.3 is 6.09 Å². The lowest BCUT2D eigenvalue weighted by atomic mass is 10.0. The fourth-order valence-corrected chi connectivity index (χ4v) is 5.37. The molecule has 0 spiro atoms. The number of amides is 3. The van der Waals surface area contributed by atoms with Crippen LogP contribution in [0.25, 0.3) is 11.0 Å². The molecular weight excluding hydrogens is 470 g/mol. The Morgan fingerprint density at radius 1 is 1.05 bits per heavy atom. The number of para-hydroxylation sites is 2. The number of hydrogen-bond acceptors (Lipinski definition) is 5. The molecule has 9 nitrogen and oxygen atoms in total. The number of likely N-dealkylation sites (tertiary alicyclic amines) is 1. The molecule has 2 aromatic carbocycles. The summed E-state index contributed by atoms with van der Waals surface area (Å²) in [5.74, 6) is 0.530. The lowest BCUT2D eigenvalue weighted by Crippen LogP contribution is -2.49. The molecule has 3 aromatic rings. The molecule has 3 amide bonds. The van der Waals surface area contributed by atoms with E-state index in [1.807, 2.05) is 71.0 Å². The van der Waals surface area contributed by atoms with Crippen molar-refractivity contribution >= 4 is 28.9 Å². The molecule has 0 saturated carbocycles. The van der Waals surface area contributed by atoms with Crippen molar-refractivity contribution in [1.29, 1.82) is 0 Å². The predicted octanol–water partition coefficient (Wildman–Crippen LogP) is 3.81. The predicted molar refractivity (Wildman–Crippen MR) is 139 cm³/mol. The lowest BCUT2D eigenvalue weighted by Gasteiger charge is -2.39. The molecule has 0 radical (unpaired) electrons. The number of piperidine rings is 1. The Bertz CT molecular complexity index is 1280. The number of carbonyl (C=O) groups excluding carboxylic acids is 3. The minimum atomic E-state index is -0.679. The van der Waals surface area contributed by atoms with Crippen LogP contribution >= 0.6 is 0 Å². The SMILES string of the molecule is CCOC(=O)N1CCC(NC(=O)C[C@H]2C(=O)N(Cc3ccccc3)[C@@H](C)c3nc4ccccc4n32)CC1. The van der Waals surface area contributed by atoms with Crippen LogP contribution in [0.5, 0.6) is 0 Å². The van der Waals surface area contributed by atoms with Gasteiger partial charge in [0.05, 0.1) is 30.1 Å². The van der Waals surface area contributed by atoms with Gasteiger partial charge in [0.2, 0.25) is 11.8 Å². The minimum absolute atomic E-state index is 0.0300. The van der Waals surface area contributed by atoms with Crippen molar-refractivity contribution in [3.05, 3.63) is 66.0 Å². The van der Waals surface area contributed by atoms with E-state index in [0.29, 0.717) is 39.1 Å². The number of nitrogens with one attached hydrogen (secondary N) is 1. The van der Waals surface area contributed by atoms with Gasteiger partial charge in [-0.15, -0.1) is 0 Å². The molecule has 0 unspecified atom stereocenters. The molecule has 0 bridgehead atoms. The van der Waals surface area contributed by atoms with Crippen molar-refractivity contribution in [2.45, 2.75) is 57.8 Å². The first-order chi connectivity index (χ1) is 18.0. The van der Waals surface area contributed by atoms with Crippen LogP contribution in [0.4, 0.5) is 4.79 Å². The van der Waals surface area contributed by atoms with Gasteiger partial charge in [-0.25, -0.2) is 9.78 Å². The Labute approximate surface area is 216 Å². The van der Waals surface area contributed by atoms with Gasteiger partial charge in [0.25, 0.3) is 0 Å². The molecule has 1 fully saturated rings. The molecular formula is C28H33N5O4. The zero-order chi connectivity index (χ0) is 25.9. The van der Waals surface area contributed by atoms with Gasteiger partial charge in [-0.3, -0.25) is 9.59 Å². The molecule has 2 aliphatic rings. The summed E-state index contributed by atoms with van der Waals surface area (Å²) in [7, 11) is 0. The van der Waals surface area contributed by atoms with Crippen molar-refractivity contribution in [3.63, 3.8) is 0 Å². The van der Waals surface area contributed by atoms with E-state index in [-0.39, 0.29) is 36.4 Å². The van der Waals surface area contributed by atoms with E-state index < -0.39 is 6.04 Å². The zero-order valence-electron chi connectivity index (χ0n) is 21.3. The van der Waals surface area contributed by atoms with Gasteiger partial charge in [-0.2, -0.15) is 0 Å². The number of nitrogens with zero attached hydrogens (tertiary/aromatic N) is 4. The average molecular weight is 504 g/mol. The Kier molecular flexibility index (Phi) is 7.12. The van der Waals surface area contributed by atoms with Crippen LogP contribution in [0.1, 0.15) is 56.6 Å². The Morgan fingerprint density at radius 2 is 1.76 bits per heavy atom. The molecule has 0 aliphatic carbocycles. The normalized spacial score (nSPS) is 20.1. The summed E-state index contributed by atoms with van der Waals surface area (Å²) >= 11 is 0. The summed E-state index contributed by atoms with van der Waals surface area (Å²) in [5.41, 5.74) is 2.71. The lowest BCUT2D eigenvalue weighted by molar-refractivity contribution is -0.142. The first kappa shape index (κ1) is 24.8. The maximum atomic E-state index is 13.9. The van der Waals surface area contributed by atoms with Crippen LogP contribution in [0.3, 0.4) is 0 Å². The number of imidazole rings is 1. The van der Waals surface area contributed by atoms with Gasteiger partial charge in [0.1, 0.15) is 11.9 Å². The minimum Gasteiger partial charge on any atom is -0.450 e. The van der Waals surface area contributed by atoms with E-state index in [1.165, 1.54) is 0 Å². The van der Waals surface area contributed by atoms with E-state index in [9.17, 15) is 14.4 Å². The highest BCUT2D eigenvalue weighted by Gasteiger charge is 2.40. The van der Waals surface area contributed by atoms with Crippen molar-refractivity contribution in [2.24, 2.45) is 0 Å². The smallest absolute Gasteiger partial charge is 0.409 e. The van der Waals surface area contributed by atoms with E-state index >= 15 is 0 Å².